The van der Waals surface area contributed by atoms with Crippen LogP contribution < -0.4 is 10.9 Å². The third-order valence-electron chi connectivity index (χ3n) is 7.09. The Morgan fingerprint density at radius 3 is 2.27 bits per heavy atom. The van der Waals surface area contributed by atoms with Crippen molar-refractivity contribution in [2.75, 3.05) is 39.4 Å². The summed E-state index contributed by atoms with van der Waals surface area (Å²) < 4.78 is 6.85. The van der Waals surface area contributed by atoms with Crippen LogP contribution in [0.25, 0.3) is 22.2 Å². The molecule has 41 heavy (non-hydrogen) atoms. The molecule has 2 heterocycles. The number of carboxylic acids is 1. The maximum atomic E-state index is 13.1. The van der Waals surface area contributed by atoms with Crippen LogP contribution in [0.5, 0.6) is 0 Å². The minimum Gasteiger partial charge on any atom is -0.478 e. The molecule has 11 heteroatoms. The number of ether oxygens (including phenoxy) is 1. The van der Waals surface area contributed by atoms with Gasteiger partial charge >= 0.3 is 5.97 Å². The van der Waals surface area contributed by atoms with Gasteiger partial charge in [0.2, 0.25) is 0 Å². The lowest BCUT2D eigenvalue weighted by Crippen LogP contribution is -2.43. The monoisotopic (exact) mass is 594 g/mol. The van der Waals surface area contributed by atoms with E-state index in [0.717, 1.165) is 29.8 Å². The summed E-state index contributed by atoms with van der Waals surface area (Å²) in [6.45, 7) is 3.48. The molecule has 1 atom stereocenters. The fourth-order valence-electron chi connectivity index (χ4n) is 4.83. The third-order valence-corrected chi connectivity index (χ3v) is 7.81. The van der Waals surface area contributed by atoms with Gasteiger partial charge in [0.15, 0.2) is 5.78 Å². The van der Waals surface area contributed by atoms with Crippen LogP contribution >= 0.6 is 23.2 Å². The van der Waals surface area contributed by atoms with Crippen molar-refractivity contribution in [1.29, 1.82) is 0 Å². The minimum atomic E-state index is -0.964. The van der Waals surface area contributed by atoms with Crippen LogP contribution in [-0.2, 0) is 16.1 Å². The topological polar surface area (TPSA) is 114 Å². The number of hydrogen-bond acceptors (Lipinski definition) is 7. The average molecular weight is 595 g/mol. The highest BCUT2D eigenvalue weighted by molar-refractivity contribution is 6.42. The number of nitrogens with zero attached hydrogens (tertiary/aromatic N) is 3. The van der Waals surface area contributed by atoms with Crippen molar-refractivity contribution in [1.82, 2.24) is 19.8 Å². The van der Waals surface area contributed by atoms with Gasteiger partial charge in [-0.2, -0.15) is 0 Å². The van der Waals surface area contributed by atoms with Gasteiger partial charge < -0.3 is 15.2 Å². The maximum absolute atomic E-state index is 13.1. The Hall–Kier alpha value is -3.60. The lowest BCUT2D eigenvalue weighted by atomic mass is 9.99. The Morgan fingerprint density at radius 1 is 0.976 bits per heavy atom. The van der Waals surface area contributed by atoms with E-state index in [1.54, 1.807) is 36.4 Å². The molecule has 0 amide bonds. The van der Waals surface area contributed by atoms with E-state index in [0.29, 0.717) is 35.8 Å². The zero-order chi connectivity index (χ0) is 28.9. The molecule has 1 unspecified atom stereocenters. The second-order valence-corrected chi connectivity index (χ2v) is 10.6. The molecule has 0 saturated carbocycles. The number of Topliss-reactive ketones (excluding diaryl/α,β-unsaturated/α-hetero) is 1. The first-order chi connectivity index (χ1) is 19.8. The molecule has 0 aliphatic carbocycles. The van der Waals surface area contributed by atoms with Crippen molar-refractivity contribution in [3.63, 3.8) is 0 Å². The van der Waals surface area contributed by atoms with Gasteiger partial charge in [0.25, 0.3) is 5.56 Å². The summed E-state index contributed by atoms with van der Waals surface area (Å²) in [7, 11) is 0. The van der Waals surface area contributed by atoms with Gasteiger partial charge in [-0.3, -0.25) is 19.1 Å². The first-order valence-corrected chi connectivity index (χ1v) is 13.9. The van der Waals surface area contributed by atoms with Gasteiger partial charge in [-0.25, -0.2) is 9.78 Å². The molecule has 1 aliphatic heterocycles. The SMILES string of the molecule is O=C(CNC(CN1CCOCC1)c1ccc(-c2ccc(C(=O)O)cc2)cc1)Cn1c(=O)cnc2cc(Cl)c(Cl)cc21. The predicted molar refractivity (Wildman–Crippen MR) is 158 cm³/mol. The number of aromatic nitrogens is 2. The predicted octanol–water partition coefficient (Wildman–Crippen LogP) is 4.30. The molecule has 2 N–H and O–H groups in total. The number of carbonyl (C=O) groups excluding carboxylic acids is 1. The minimum absolute atomic E-state index is 0.0466. The Labute approximate surface area is 246 Å². The number of fused-ring (bicyclic) bond motifs is 1. The van der Waals surface area contributed by atoms with Crippen LogP contribution in [0.2, 0.25) is 10.0 Å². The van der Waals surface area contributed by atoms with Gasteiger partial charge in [-0.05, 0) is 41.0 Å². The molecule has 212 valence electrons. The average Bonchev–Trinajstić information content (AvgIpc) is 2.98. The van der Waals surface area contributed by atoms with E-state index < -0.39 is 11.5 Å². The highest BCUT2D eigenvalue weighted by Crippen LogP contribution is 2.26. The summed E-state index contributed by atoms with van der Waals surface area (Å²) in [5.74, 6) is -1.14. The lowest BCUT2D eigenvalue weighted by Gasteiger charge is -2.31. The highest BCUT2D eigenvalue weighted by atomic mass is 35.5. The quantitative estimate of drug-likeness (QED) is 0.279. The zero-order valence-corrected chi connectivity index (χ0v) is 23.6. The Bertz CT molecular complexity index is 1620. The van der Waals surface area contributed by atoms with E-state index in [1.165, 1.54) is 10.8 Å². The molecule has 1 aliphatic rings. The summed E-state index contributed by atoms with van der Waals surface area (Å²) in [5.41, 5.74) is 3.61. The normalized spacial score (nSPS) is 14.7. The first-order valence-electron chi connectivity index (χ1n) is 13.1. The van der Waals surface area contributed by atoms with E-state index >= 15 is 0 Å². The van der Waals surface area contributed by atoms with Crippen molar-refractivity contribution < 1.29 is 19.4 Å². The molecule has 1 fully saturated rings. The van der Waals surface area contributed by atoms with Gasteiger partial charge in [0, 0.05) is 25.7 Å². The van der Waals surface area contributed by atoms with Gasteiger partial charge in [-0.15, -0.1) is 0 Å². The Morgan fingerprint density at radius 2 is 1.61 bits per heavy atom. The van der Waals surface area contributed by atoms with Crippen LogP contribution in [0, 0.1) is 0 Å². The molecule has 0 spiro atoms. The summed E-state index contributed by atoms with van der Waals surface area (Å²) >= 11 is 12.3. The standard InChI is InChI=1S/C30H28Cl2N4O5/c31-24-13-26-28(14-25(24)32)36(29(38)16-34-26)17-23(37)15-33-27(18-35-9-11-41-12-10-35)21-5-1-19(2-6-21)20-3-7-22(8-4-20)30(39)40/h1-8,13-14,16,27,33H,9-12,15,17-18H2,(H,39,40). The second kappa shape index (κ2) is 12.9. The maximum Gasteiger partial charge on any atom is 0.335 e. The molecule has 0 bridgehead atoms. The number of hydrogen-bond donors (Lipinski definition) is 2. The molecule has 0 radical (unpaired) electrons. The van der Waals surface area contributed by atoms with Crippen LogP contribution in [0.1, 0.15) is 22.0 Å². The van der Waals surface area contributed by atoms with Crippen LogP contribution in [-0.4, -0.2) is 70.7 Å². The molecular formula is C30H28Cl2N4O5. The van der Waals surface area contributed by atoms with Crippen LogP contribution in [0.4, 0.5) is 0 Å². The van der Waals surface area contributed by atoms with Crippen molar-refractivity contribution >= 4 is 46.0 Å². The zero-order valence-electron chi connectivity index (χ0n) is 22.1. The molecule has 3 aromatic carbocycles. The van der Waals surface area contributed by atoms with Crippen molar-refractivity contribution in [3.8, 4) is 11.1 Å². The summed E-state index contributed by atoms with van der Waals surface area (Å²) in [6.07, 6.45) is 1.17. The van der Waals surface area contributed by atoms with Gasteiger partial charge in [0.1, 0.15) is 0 Å². The van der Waals surface area contributed by atoms with Gasteiger partial charge in [0.05, 0.1) is 59.1 Å². The fourth-order valence-corrected chi connectivity index (χ4v) is 5.15. The van der Waals surface area contributed by atoms with E-state index in [4.69, 9.17) is 33.0 Å². The van der Waals surface area contributed by atoms with Crippen molar-refractivity contribution in [3.05, 3.63) is 98.4 Å². The van der Waals surface area contributed by atoms with Crippen LogP contribution in [0.15, 0.2) is 71.7 Å². The number of halogens is 2. The number of rotatable bonds is 10. The van der Waals surface area contributed by atoms with E-state index in [2.05, 4.69) is 15.2 Å². The molecule has 9 nitrogen and oxygen atoms in total. The molecule has 5 rings (SSSR count). The largest absolute Gasteiger partial charge is 0.478 e. The van der Waals surface area contributed by atoms with Crippen molar-refractivity contribution in [2.24, 2.45) is 0 Å². The lowest BCUT2D eigenvalue weighted by molar-refractivity contribution is -0.119. The number of benzene rings is 3. The number of ketones is 1. The summed E-state index contributed by atoms with van der Waals surface area (Å²) in [4.78, 5) is 43.3. The number of carboxylic acid groups (broad SMARTS) is 1. The van der Waals surface area contributed by atoms with Crippen LogP contribution in [0.3, 0.4) is 0 Å². The summed E-state index contributed by atoms with van der Waals surface area (Å²) in [6, 6.07) is 17.7. The molecule has 4 aromatic rings. The molecular weight excluding hydrogens is 567 g/mol. The number of morpholine rings is 1. The van der Waals surface area contributed by atoms with Gasteiger partial charge in [-0.1, -0.05) is 59.6 Å². The first kappa shape index (κ1) is 28.9. The number of nitrogens with one attached hydrogen (secondary N) is 1. The Kier molecular flexibility index (Phi) is 9.12. The second-order valence-electron chi connectivity index (χ2n) is 9.83. The van der Waals surface area contributed by atoms with E-state index in [9.17, 15) is 14.4 Å². The summed E-state index contributed by atoms with van der Waals surface area (Å²) in [5, 5.41) is 13.1. The number of carbonyl (C=O) groups is 2. The van der Waals surface area contributed by atoms with E-state index in [-0.39, 0.29) is 35.5 Å². The molecule has 1 saturated heterocycles. The van der Waals surface area contributed by atoms with E-state index in [1.807, 2.05) is 24.3 Å². The smallest absolute Gasteiger partial charge is 0.335 e. The third kappa shape index (κ3) is 7.01. The highest BCUT2D eigenvalue weighted by Gasteiger charge is 2.20. The number of aromatic carboxylic acids is 1. The van der Waals surface area contributed by atoms with Crippen molar-refractivity contribution in [2.45, 2.75) is 12.6 Å². The fraction of sp³-hybridized carbons (Fsp3) is 0.267. The Balaban J connectivity index is 1.32. The molecule has 1 aromatic heterocycles.